The average molecular weight is 282 g/mol. The zero-order chi connectivity index (χ0) is 13.9. The molecule has 3 heterocycles. The van der Waals surface area contributed by atoms with E-state index in [1.165, 1.54) is 0 Å². The van der Waals surface area contributed by atoms with E-state index in [0.29, 0.717) is 31.5 Å². The summed E-state index contributed by atoms with van der Waals surface area (Å²) in [6.07, 6.45) is 0.733. The quantitative estimate of drug-likeness (QED) is 0.812. The minimum absolute atomic E-state index is 0.153. The highest BCUT2D eigenvalue weighted by molar-refractivity contribution is 4.86. The number of aliphatic hydroxyl groups excluding tert-OH is 1. The molecule has 2 atom stereocenters. The van der Waals surface area contributed by atoms with Crippen LogP contribution < -0.4 is 0 Å². The number of nitrogens with zero attached hydrogens (tertiary/aromatic N) is 4. The van der Waals surface area contributed by atoms with E-state index in [0.717, 1.165) is 32.6 Å². The monoisotopic (exact) mass is 282 g/mol. The predicted molar refractivity (Wildman–Crippen MR) is 71.1 cm³/mol. The van der Waals surface area contributed by atoms with E-state index in [1.54, 1.807) is 0 Å². The van der Waals surface area contributed by atoms with Gasteiger partial charge in [-0.25, -0.2) is 0 Å². The molecule has 2 fully saturated rings. The molecule has 0 aromatic carbocycles. The van der Waals surface area contributed by atoms with Crippen molar-refractivity contribution < 1.29 is 14.3 Å². The van der Waals surface area contributed by atoms with Gasteiger partial charge in [0.2, 0.25) is 11.8 Å². The Labute approximate surface area is 118 Å². The molecule has 2 aliphatic rings. The van der Waals surface area contributed by atoms with Crippen LogP contribution >= 0.6 is 0 Å². The first-order valence-electron chi connectivity index (χ1n) is 7.23. The Kier molecular flexibility index (Phi) is 4.30. The zero-order valence-corrected chi connectivity index (χ0v) is 11.9. The Bertz CT molecular complexity index is 439. The third-order valence-corrected chi connectivity index (χ3v) is 4.04. The smallest absolute Gasteiger partial charge is 0.230 e. The molecular weight excluding hydrogens is 260 g/mol. The summed E-state index contributed by atoms with van der Waals surface area (Å²) in [6, 6.07) is 0.153. The normalized spacial score (nSPS) is 29.7. The van der Waals surface area contributed by atoms with E-state index in [1.807, 2.05) is 6.92 Å². The molecule has 0 spiro atoms. The fourth-order valence-electron chi connectivity index (χ4n) is 2.95. The summed E-state index contributed by atoms with van der Waals surface area (Å²) >= 11 is 0. The summed E-state index contributed by atoms with van der Waals surface area (Å²) in [5, 5.41) is 17.8. The van der Waals surface area contributed by atoms with Crippen molar-refractivity contribution in [2.24, 2.45) is 0 Å². The first-order chi connectivity index (χ1) is 9.72. The van der Waals surface area contributed by atoms with Crippen molar-refractivity contribution in [3.05, 3.63) is 11.8 Å². The maximum Gasteiger partial charge on any atom is 0.230 e. The van der Waals surface area contributed by atoms with Crippen LogP contribution in [0.15, 0.2) is 4.42 Å². The van der Waals surface area contributed by atoms with Gasteiger partial charge in [0.15, 0.2) is 0 Å². The molecule has 0 amide bonds. The summed E-state index contributed by atoms with van der Waals surface area (Å²) < 4.78 is 10.8. The summed E-state index contributed by atoms with van der Waals surface area (Å²) in [7, 11) is 0. The van der Waals surface area contributed by atoms with Crippen molar-refractivity contribution in [2.75, 3.05) is 39.4 Å². The molecule has 0 saturated carbocycles. The molecule has 2 saturated heterocycles. The lowest BCUT2D eigenvalue weighted by molar-refractivity contribution is 0.0835. The summed E-state index contributed by atoms with van der Waals surface area (Å²) in [5.41, 5.74) is 0. The summed E-state index contributed by atoms with van der Waals surface area (Å²) in [6.45, 7) is 7.53. The van der Waals surface area contributed by atoms with Gasteiger partial charge in [-0.1, -0.05) is 0 Å². The van der Waals surface area contributed by atoms with Crippen molar-refractivity contribution >= 4 is 0 Å². The van der Waals surface area contributed by atoms with Crippen molar-refractivity contribution in [2.45, 2.75) is 32.0 Å². The van der Waals surface area contributed by atoms with Gasteiger partial charge in [-0.05, 0) is 19.5 Å². The molecular formula is C13H22N4O3. The zero-order valence-electron chi connectivity index (χ0n) is 11.9. The highest BCUT2D eigenvalue weighted by atomic mass is 16.5. The van der Waals surface area contributed by atoms with Crippen LogP contribution in [0.3, 0.4) is 0 Å². The Hall–Kier alpha value is -1.02. The second-order valence-electron chi connectivity index (χ2n) is 5.55. The van der Waals surface area contributed by atoms with E-state index < -0.39 is 0 Å². The standard InChI is InChI=1S/C13H22N4O3/c1-10-14-15-13(20-10)7-16-3-2-4-17(6-5-16)11-8-19-9-12(11)18/h11-12,18H,2-9H2,1H3/t11-,12-/m0/s1. The Balaban J connectivity index is 1.54. The van der Waals surface area contributed by atoms with E-state index in [9.17, 15) is 5.11 Å². The molecule has 7 nitrogen and oxygen atoms in total. The van der Waals surface area contributed by atoms with Crippen molar-refractivity contribution in [1.82, 2.24) is 20.0 Å². The minimum Gasteiger partial charge on any atom is -0.424 e. The molecule has 20 heavy (non-hydrogen) atoms. The third-order valence-electron chi connectivity index (χ3n) is 4.04. The van der Waals surface area contributed by atoms with Gasteiger partial charge >= 0.3 is 0 Å². The SMILES string of the molecule is Cc1nnc(CN2CCCN([C@H]3COC[C@@H]3O)CC2)o1. The molecule has 1 aromatic heterocycles. The Morgan fingerprint density at radius 2 is 2.10 bits per heavy atom. The fraction of sp³-hybridized carbons (Fsp3) is 0.846. The van der Waals surface area contributed by atoms with Crippen LogP contribution in [0.2, 0.25) is 0 Å². The van der Waals surface area contributed by atoms with Gasteiger partial charge in [0.05, 0.1) is 31.9 Å². The molecule has 0 bridgehead atoms. The van der Waals surface area contributed by atoms with E-state index in [2.05, 4.69) is 20.0 Å². The Morgan fingerprint density at radius 1 is 1.20 bits per heavy atom. The number of rotatable bonds is 3. The highest BCUT2D eigenvalue weighted by Crippen LogP contribution is 2.16. The van der Waals surface area contributed by atoms with E-state index in [-0.39, 0.29) is 12.1 Å². The first-order valence-corrected chi connectivity index (χ1v) is 7.23. The van der Waals surface area contributed by atoms with Crippen LogP contribution in [0.5, 0.6) is 0 Å². The molecule has 0 unspecified atom stereocenters. The number of hydrogen-bond acceptors (Lipinski definition) is 7. The lowest BCUT2D eigenvalue weighted by Gasteiger charge is -2.28. The maximum absolute atomic E-state index is 9.92. The largest absolute Gasteiger partial charge is 0.424 e. The fourth-order valence-corrected chi connectivity index (χ4v) is 2.95. The van der Waals surface area contributed by atoms with Crippen LogP contribution in [-0.2, 0) is 11.3 Å². The van der Waals surface area contributed by atoms with Crippen LogP contribution in [0.4, 0.5) is 0 Å². The topological polar surface area (TPSA) is 74.9 Å². The second kappa shape index (κ2) is 6.17. The molecule has 7 heteroatoms. The van der Waals surface area contributed by atoms with Gasteiger partial charge in [-0.15, -0.1) is 10.2 Å². The van der Waals surface area contributed by atoms with Crippen molar-refractivity contribution in [3.63, 3.8) is 0 Å². The first kappa shape index (κ1) is 13.9. The predicted octanol–water partition coefficient (Wildman–Crippen LogP) is -0.355. The number of ether oxygens (including phenoxy) is 1. The second-order valence-corrected chi connectivity index (χ2v) is 5.55. The van der Waals surface area contributed by atoms with Gasteiger partial charge in [-0.2, -0.15) is 0 Å². The highest BCUT2D eigenvalue weighted by Gasteiger charge is 2.32. The maximum atomic E-state index is 9.92. The van der Waals surface area contributed by atoms with Crippen LogP contribution in [0.25, 0.3) is 0 Å². The lowest BCUT2D eigenvalue weighted by atomic mass is 10.2. The third kappa shape index (κ3) is 3.17. The lowest BCUT2D eigenvalue weighted by Crippen LogP contribution is -2.44. The number of aryl methyl sites for hydroxylation is 1. The summed E-state index contributed by atoms with van der Waals surface area (Å²) in [5.74, 6) is 1.29. The van der Waals surface area contributed by atoms with E-state index >= 15 is 0 Å². The molecule has 112 valence electrons. The average Bonchev–Trinajstić information content (AvgIpc) is 2.95. The van der Waals surface area contributed by atoms with Crippen molar-refractivity contribution in [1.29, 1.82) is 0 Å². The number of aliphatic hydroxyl groups is 1. The van der Waals surface area contributed by atoms with Gasteiger partial charge in [0.25, 0.3) is 0 Å². The molecule has 1 aromatic rings. The van der Waals surface area contributed by atoms with Crippen molar-refractivity contribution in [3.8, 4) is 0 Å². The van der Waals surface area contributed by atoms with Gasteiger partial charge in [-0.3, -0.25) is 9.80 Å². The minimum atomic E-state index is -0.347. The molecule has 2 aliphatic heterocycles. The van der Waals surface area contributed by atoms with E-state index in [4.69, 9.17) is 9.15 Å². The number of aromatic nitrogens is 2. The van der Waals surface area contributed by atoms with Crippen LogP contribution in [0.1, 0.15) is 18.2 Å². The molecule has 0 radical (unpaired) electrons. The molecule has 0 aliphatic carbocycles. The van der Waals surface area contributed by atoms with Gasteiger partial charge < -0.3 is 14.3 Å². The molecule has 1 N–H and O–H groups in total. The van der Waals surface area contributed by atoms with Crippen LogP contribution in [0, 0.1) is 6.92 Å². The summed E-state index contributed by atoms with van der Waals surface area (Å²) in [4.78, 5) is 4.67. The molecule has 3 rings (SSSR count). The van der Waals surface area contributed by atoms with Gasteiger partial charge in [0.1, 0.15) is 0 Å². The van der Waals surface area contributed by atoms with Gasteiger partial charge in [0, 0.05) is 20.0 Å². The van der Waals surface area contributed by atoms with Crippen LogP contribution in [-0.4, -0.2) is 76.6 Å². The Morgan fingerprint density at radius 3 is 2.80 bits per heavy atom. The number of hydrogen-bond donors (Lipinski definition) is 1.